The third kappa shape index (κ3) is 3.70. The first-order valence-electron chi connectivity index (χ1n) is 7.43. The Kier molecular flexibility index (Phi) is 5.80. The van der Waals surface area contributed by atoms with E-state index in [1.165, 1.54) is 0 Å². The van der Waals surface area contributed by atoms with Gasteiger partial charge in [-0.15, -0.1) is 0 Å². The van der Waals surface area contributed by atoms with Gasteiger partial charge in [0.15, 0.2) is 0 Å². The van der Waals surface area contributed by atoms with Crippen molar-refractivity contribution in [3.63, 3.8) is 0 Å². The van der Waals surface area contributed by atoms with Crippen LogP contribution >= 0.6 is 0 Å². The molecule has 0 N–H and O–H groups in total. The maximum atomic E-state index is 12.9. The highest BCUT2D eigenvalue weighted by Crippen LogP contribution is 2.43. The van der Waals surface area contributed by atoms with Gasteiger partial charge in [-0.1, -0.05) is 13.8 Å². The van der Waals surface area contributed by atoms with E-state index in [-0.39, 0.29) is 12.0 Å². The second kappa shape index (κ2) is 6.99. The number of nitroso groups, excluding NO2 is 1. The molecule has 5 nitrogen and oxygen atoms in total. The topological polar surface area (TPSA) is 47.8 Å². The first-order chi connectivity index (χ1) is 10.2. The van der Waals surface area contributed by atoms with Crippen LogP contribution in [0.4, 0.5) is 0 Å². The lowest BCUT2D eigenvalue weighted by molar-refractivity contribution is -0.660. The second-order valence-corrected chi connectivity index (χ2v) is 6.63. The van der Waals surface area contributed by atoms with Crippen LogP contribution in [0.5, 0.6) is 17.2 Å². The molecule has 1 aromatic rings. The van der Waals surface area contributed by atoms with E-state index in [1.54, 1.807) is 33.5 Å². The summed E-state index contributed by atoms with van der Waals surface area (Å²) in [6.45, 7) is 9.74. The first kappa shape index (κ1) is 18.3. The van der Waals surface area contributed by atoms with Crippen molar-refractivity contribution < 1.29 is 19.0 Å². The zero-order chi connectivity index (χ0) is 17.1. The molecular formula is C17H28NO4+. The zero-order valence-electron chi connectivity index (χ0n) is 14.9. The molecule has 0 heterocycles. The van der Waals surface area contributed by atoms with E-state index in [2.05, 4.69) is 0 Å². The van der Waals surface area contributed by atoms with Gasteiger partial charge in [0, 0.05) is 48.5 Å². The fourth-order valence-electron chi connectivity index (χ4n) is 2.46. The Morgan fingerprint density at radius 2 is 1.41 bits per heavy atom. The van der Waals surface area contributed by atoms with Crippen molar-refractivity contribution in [1.29, 1.82) is 0 Å². The summed E-state index contributed by atoms with van der Waals surface area (Å²) in [4.78, 5) is 12.9. The van der Waals surface area contributed by atoms with Gasteiger partial charge in [-0.2, -0.15) is 0 Å². The lowest BCUT2D eigenvalue weighted by Crippen LogP contribution is -2.36. The monoisotopic (exact) mass is 310 g/mol. The minimum Gasteiger partial charge on any atom is -0.496 e. The van der Waals surface area contributed by atoms with Crippen LogP contribution in [0.2, 0.25) is 0 Å². The SMILES string of the molecule is COc1cc(OC)c(C(C(C)C)[N+](=O)C(C)(C)C)c(OC)c1. The molecule has 124 valence electrons. The summed E-state index contributed by atoms with van der Waals surface area (Å²) in [6, 6.07) is 3.18. The van der Waals surface area contributed by atoms with Crippen LogP contribution in [-0.4, -0.2) is 31.6 Å². The Balaban J connectivity index is 3.57. The molecule has 0 aliphatic heterocycles. The smallest absolute Gasteiger partial charge is 0.236 e. The first-order valence-corrected chi connectivity index (χ1v) is 7.43. The van der Waals surface area contributed by atoms with Gasteiger partial charge in [-0.3, -0.25) is 0 Å². The molecule has 0 aliphatic carbocycles. The number of hydrogen-bond donors (Lipinski definition) is 0. The third-order valence-corrected chi connectivity index (χ3v) is 3.59. The molecule has 0 saturated heterocycles. The predicted octanol–water partition coefficient (Wildman–Crippen LogP) is 3.99. The zero-order valence-corrected chi connectivity index (χ0v) is 14.9. The number of nitrogens with zero attached hydrogens (tertiary/aromatic N) is 1. The summed E-state index contributed by atoms with van der Waals surface area (Å²) in [5, 5.41) is 0. The van der Waals surface area contributed by atoms with Gasteiger partial charge in [-0.25, -0.2) is 0 Å². The van der Waals surface area contributed by atoms with Crippen molar-refractivity contribution in [3.05, 3.63) is 22.6 Å². The fraction of sp³-hybridized carbons (Fsp3) is 0.647. The fourth-order valence-corrected chi connectivity index (χ4v) is 2.46. The van der Waals surface area contributed by atoms with Crippen molar-refractivity contribution >= 4 is 0 Å². The van der Waals surface area contributed by atoms with Crippen LogP contribution in [0.25, 0.3) is 0 Å². The molecule has 0 spiro atoms. The normalized spacial score (nSPS) is 13.0. The van der Waals surface area contributed by atoms with Crippen LogP contribution in [0, 0.1) is 10.8 Å². The summed E-state index contributed by atoms with van der Waals surface area (Å²) in [6.07, 6.45) is 0. The Morgan fingerprint density at radius 3 is 1.68 bits per heavy atom. The van der Waals surface area contributed by atoms with Gasteiger partial charge in [0.2, 0.25) is 11.6 Å². The molecule has 0 aliphatic rings. The Morgan fingerprint density at radius 1 is 0.955 bits per heavy atom. The van der Waals surface area contributed by atoms with E-state index >= 15 is 0 Å². The minimum absolute atomic E-state index is 0.0907. The third-order valence-electron chi connectivity index (χ3n) is 3.59. The van der Waals surface area contributed by atoms with Gasteiger partial charge >= 0.3 is 0 Å². The maximum absolute atomic E-state index is 12.9. The maximum Gasteiger partial charge on any atom is 0.236 e. The highest BCUT2D eigenvalue weighted by atomic mass is 16.5. The van der Waals surface area contributed by atoms with E-state index in [4.69, 9.17) is 14.2 Å². The molecule has 5 heteroatoms. The molecule has 0 saturated carbocycles. The average molecular weight is 310 g/mol. The number of rotatable bonds is 6. The van der Waals surface area contributed by atoms with Crippen molar-refractivity contribution in [3.8, 4) is 17.2 Å². The van der Waals surface area contributed by atoms with Crippen LogP contribution in [0.3, 0.4) is 0 Å². The molecule has 1 aromatic carbocycles. The van der Waals surface area contributed by atoms with Gasteiger partial charge in [0.1, 0.15) is 22.8 Å². The van der Waals surface area contributed by atoms with Crippen molar-refractivity contribution in [1.82, 2.24) is 0 Å². The summed E-state index contributed by atoms with van der Waals surface area (Å²) in [5.74, 6) is 1.92. The molecule has 0 bridgehead atoms. The van der Waals surface area contributed by atoms with Crippen molar-refractivity contribution in [2.75, 3.05) is 21.3 Å². The van der Waals surface area contributed by atoms with E-state index in [9.17, 15) is 4.91 Å². The van der Waals surface area contributed by atoms with Gasteiger partial charge < -0.3 is 14.2 Å². The van der Waals surface area contributed by atoms with E-state index in [0.29, 0.717) is 17.2 Å². The van der Waals surface area contributed by atoms with Crippen LogP contribution in [-0.2, 0) is 0 Å². The van der Waals surface area contributed by atoms with E-state index < -0.39 is 5.54 Å². The van der Waals surface area contributed by atoms with Crippen LogP contribution in [0.1, 0.15) is 46.2 Å². The van der Waals surface area contributed by atoms with E-state index in [0.717, 1.165) is 10.3 Å². The van der Waals surface area contributed by atoms with Crippen LogP contribution < -0.4 is 14.2 Å². The molecule has 1 rings (SSSR count). The molecule has 0 aromatic heterocycles. The van der Waals surface area contributed by atoms with Crippen molar-refractivity contribution in [2.24, 2.45) is 5.92 Å². The molecule has 1 unspecified atom stereocenters. The van der Waals surface area contributed by atoms with Crippen molar-refractivity contribution in [2.45, 2.75) is 46.2 Å². The Bertz CT molecular complexity index is 507. The molecule has 22 heavy (non-hydrogen) atoms. The molecule has 0 fully saturated rings. The number of methoxy groups -OCH3 is 3. The number of benzene rings is 1. The molecule has 0 amide bonds. The summed E-state index contributed by atoms with van der Waals surface area (Å²) >= 11 is 0. The van der Waals surface area contributed by atoms with Gasteiger partial charge in [0.25, 0.3) is 0 Å². The van der Waals surface area contributed by atoms with E-state index in [1.807, 2.05) is 34.6 Å². The van der Waals surface area contributed by atoms with Crippen LogP contribution in [0.15, 0.2) is 12.1 Å². The van der Waals surface area contributed by atoms with Gasteiger partial charge in [-0.05, 0) is 0 Å². The summed E-state index contributed by atoms with van der Waals surface area (Å²) in [5.41, 5.74) is 0.232. The quantitative estimate of drug-likeness (QED) is 0.745. The number of ether oxygens (including phenoxy) is 3. The predicted molar refractivity (Wildman–Crippen MR) is 87.1 cm³/mol. The highest BCUT2D eigenvalue weighted by Gasteiger charge is 2.43. The molecule has 1 atom stereocenters. The highest BCUT2D eigenvalue weighted by molar-refractivity contribution is 5.52. The largest absolute Gasteiger partial charge is 0.496 e. The molecule has 0 radical (unpaired) electrons. The Hall–Kier alpha value is -1.78. The lowest BCUT2D eigenvalue weighted by Gasteiger charge is -2.24. The molecular weight excluding hydrogens is 282 g/mol. The summed E-state index contributed by atoms with van der Waals surface area (Å²) < 4.78 is 17.4. The minimum atomic E-state index is -0.523. The number of hydrogen-bond acceptors (Lipinski definition) is 4. The Labute approximate surface area is 133 Å². The van der Waals surface area contributed by atoms with Gasteiger partial charge in [0.05, 0.1) is 21.3 Å². The lowest BCUT2D eigenvalue weighted by atomic mass is 9.91. The summed E-state index contributed by atoms with van der Waals surface area (Å²) in [7, 11) is 4.76. The standard InChI is InChI=1S/C17H28NO4/c1-11(2)16(18(19)17(3,4)5)15-13(21-7)9-12(20-6)10-14(15)22-8/h9-11,16H,1-8H3/q+1. The average Bonchev–Trinajstić information content (AvgIpc) is 2.45. The second-order valence-electron chi connectivity index (χ2n) is 6.63.